The molecule has 0 amide bonds. The molecule has 1 N–H and O–H groups in total. The Balaban J connectivity index is 1.99. The lowest BCUT2D eigenvalue weighted by molar-refractivity contribution is 0.501. The third-order valence-electron chi connectivity index (χ3n) is 3.47. The minimum atomic E-state index is 0.122. The van der Waals surface area contributed by atoms with Gasteiger partial charge in [0.2, 0.25) is 0 Å². The average molecular weight is 228 g/mol. The summed E-state index contributed by atoms with van der Waals surface area (Å²) >= 11 is 0. The van der Waals surface area contributed by atoms with Crippen molar-refractivity contribution in [1.82, 2.24) is 9.88 Å². The fourth-order valence-electron chi connectivity index (χ4n) is 2.52. The van der Waals surface area contributed by atoms with E-state index in [0.717, 1.165) is 23.9 Å². The standard InChI is InChI=1S/C14H16N2O/c17-14-13-6-2-1-4-11(13)7-9-16(14)10-12-5-3-8-15-12/h1-2,4,6-7,9,12,15H,3,5,8,10H2/t12-/m1/s1. The highest BCUT2D eigenvalue weighted by Gasteiger charge is 2.15. The predicted octanol–water partition coefficient (Wildman–Crippen LogP) is 1.75. The summed E-state index contributed by atoms with van der Waals surface area (Å²) in [5, 5.41) is 5.26. The van der Waals surface area contributed by atoms with Crippen molar-refractivity contribution in [2.24, 2.45) is 0 Å². The van der Waals surface area contributed by atoms with Crippen molar-refractivity contribution in [2.75, 3.05) is 6.54 Å². The second kappa shape index (κ2) is 4.34. The zero-order valence-corrected chi connectivity index (χ0v) is 9.73. The van der Waals surface area contributed by atoms with Crippen molar-refractivity contribution in [3.63, 3.8) is 0 Å². The number of hydrogen-bond acceptors (Lipinski definition) is 2. The van der Waals surface area contributed by atoms with Crippen molar-refractivity contribution in [3.05, 3.63) is 46.9 Å². The molecule has 1 aromatic carbocycles. The molecule has 1 saturated heterocycles. The van der Waals surface area contributed by atoms with Gasteiger partial charge in [-0.15, -0.1) is 0 Å². The molecule has 0 bridgehead atoms. The van der Waals surface area contributed by atoms with E-state index in [1.807, 2.05) is 41.1 Å². The van der Waals surface area contributed by atoms with Crippen LogP contribution in [0.4, 0.5) is 0 Å². The first-order valence-electron chi connectivity index (χ1n) is 6.16. The van der Waals surface area contributed by atoms with Crippen LogP contribution in [0.15, 0.2) is 41.3 Å². The van der Waals surface area contributed by atoms with Crippen LogP contribution in [0.25, 0.3) is 10.8 Å². The van der Waals surface area contributed by atoms with Gasteiger partial charge in [0.15, 0.2) is 0 Å². The summed E-state index contributed by atoms with van der Waals surface area (Å²) < 4.78 is 1.82. The van der Waals surface area contributed by atoms with Crippen LogP contribution < -0.4 is 10.9 Å². The Bertz CT molecular complexity index is 582. The molecule has 1 aliphatic rings. The van der Waals surface area contributed by atoms with Crippen molar-refractivity contribution >= 4 is 10.8 Å². The van der Waals surface area contributed by atoms with Crippen molar-refractivity contribution in [2.45, 2.75) is 25.4 Å². The number of hydrogen-bond donors (Lipinski definition) is 1. The highest BCUT2D eigenvalue weighted by atomic mass is 16.1. The fraction of sp³-hybridized carbons (Fsp3) is 0.357. The van der Waals surface area contributed by atoms with E-state index in [2.05, 4.69) is 5.32 Å². The lowest BCUT2D eigenvalue weighted by atomic mass is 10.1. The minimum absolute atomic E-state index is 0.122. The van der Waals surface area contributed by atoms with Crippen LogP contribution in [0.2, 0.25) is 0 Å². The van der Waals surface area contributed by atoms with Crippen LogP contribution in [0.3, 0.4) is 0 Å². The normalized spacial score (nSPS) is 19.9. The Morgan fingerprint density at radius 1 is 1.29 bits per heavy atom. The molecule has 2 aromatic rings. The topological polar surface area (TPSA) is 34.0 Å². The summed E-state index contributed by atoms with van der Waals surface area (Å²) in [5.41, 5.74) is 0.122. The van der Waals surface area contributed by atoms with Crippen molar-refractivity contribution in [1.29, 1.82) is 0 Å². The van der Waals surface area contributed by atoms with E-state index in [-0.39, 0.29) is 5.56 Å². The number of fused-ring (bicyclic) bond motifs is 1. The summed E-state index contributed by atoms with van der Waals surface area (Å²) in [4.78, 5) is 12.3. The summed E-state index contributed by atoms with van der Waals surface area (Å²) in [5.74, 6) is 0. The third-order valence-corrected chi connectivity index (χ3v) is 3.47. The van der Waals surface area contributed by atoms with E-state index in [1.165, 1.54) is 12.8 Å². The number of rotatable bonds is 2. The summed E-state index contributed by atoms with van der Waals surface area (Å²) in [6.45, 7) is 1.86. The molecule has 3 rings (SSSR count). The van der Waals surface area contributed by atoms with Gasteiger partial charge in [-0.1, -0.05) is 18.2 Å². The largest absolute Gasteiger partial charge is 0.313 e. The second-order valence-corrected chi connectivity index (χ2v) is 4.65. The number of nitrogens with one attached hydrogen (secondary N) is 1. The van der Waals surface area contributed by atoms with Crippen LogP contribution in [-0.2, 0) is 6.54 Å². The van der Waals surface area contributed by atoms with E-state index in [0.29, 0.717) is 6.04 Å². The zero-order valence-electron chi connectivity index (χ0n) is 9.73. The number of aromatic nitrogens is 1. The summed E-state index contributed by atoms with van der Waals surface area (Å²) in [6, 6.07) is 10.2. The molecular weight excluding hydrogens is 212 g/mol. The van der Waals surface area contributed by atoms with Gasteiger partial charge in [-0.2, -0.15) is 0 Å². The SMILES string of the molecule is O=c1c2ccccc2ccn1C[C@H]1CCCN1. The van der Waals surface area contributed by atoms with E-state index in [1.54, 1.807) is 0 Å². The van der Waals surface area contributed by atoms with Crippen LogP contribution in [0, 0.1) is 0 Å². The average Bonchev–Trinajstić information content (AvgIpc) is 2.86. The van der Waals surface area contributed by atoms with Gasteiger partial charge in [-0.25, -0.2) is 0 Å². The fourth-order valence-corrected chi connectivity index (χ4v) is 2.52. The lowest BCUT2D eigenvalue weighted by Gasteiger charge is -2.12. The monoisotopic (exact) mass is 228 g/mol. The molecule has 1 atom stereocenters. The van der Waals surface area contributed by atoms with E-state index < -0.39 is 0 Å². The Kier molecular flexibility index (Phi) is 2.69. The molecule has 3 nitrogen and oxygen atoms in total. The maximum Gasteiger partial charge on any atom is 0.258 e. The molecule has 0 radical (unpaired) electrons. The number of pyridine rings is 1. The first kappa shape index (κ1) is 10.5. The van der Waals surface area contributed by atoms with Gasteiger partial charge < -0.3 is 9.88 Å². The quantitative estimate of drug-likeness (QED) is 0.849. The van der Waals surface area contributed by atoms with E-state index in [9.17, 15) is 4.79 Å². The van der Waals surface area contributed by atoms with Crippen LogP contribution in [0.1, 0.15) is 12.8 Å². The highest BCUT2D eigenvalue weighted by Crippen LogP contribution is 2.10. The molecule has 2 heterocycles. The van der Waals surface area contributed by atoms with Crippen LogP contribution in [-0.4, -0.2) is 17.2 Å². The highest BCUT2D eigenvalue weighted by molar-refractivity contribution is 5.81. The third kappa shape index (κ3) is 1.98. The molecule has 0 unspecified atom stereocenters. The summed E-state index contributed by atoms with van der Waals surface area (Å²) in [7, 11) is 0. The maximum atomic E-state index is 12.3. The Morgan fingerprint density at radius 2 is 2.18 bits per heavy atom. The molecule has 88 valence electrons. The van der Waals surface area contributed by atoms with Gasteiger partial charge in [0.1, 0.15) is 0 Å². The first-order valence-corrected chi connectivity index (χ1v) is 6.16. The Hall–Kier alpha value is -1.61. The molecule has 3 heteroatoms. The molecule has 17 heavy (non-hydrogen) atoms. The number of nitrogens with zero attached hydrogens (tertiary/aromatic N) is 1. The Labute approximate surface area is 100 Å². The predicted molar refractivity (Wildman–Crippen MR) is 69.2 cm³/mol. The molecular formula is C14H16N2O. The molecule has 0 spiro atoms. The van der Waals surface area contributed by atoms with Gasteiger partial charge in [0.25, 0.3) is 5.56 Å². The molecule has 1 aromatic heterocycles. The molecule has 1 fully saturated rings. The number of benzene rings is 1. The van der Waals surface area contributed by atoms with Gasteiger partial charge in [0.05, 0.1) is 0 Å². The second-order valence-electron chi connectivity index (χ2n) is 4.65. The van der Waals surface area contributed by atoms with Crippen molar-refractivity contribution < 1.29 is 0 Å². The van der Waals surface area contributed by atoms with Gasteiger partial charge in [0, 0.05) is 24.2 Å². The molecule has 0 saturated carbocycles. The van der Waals surface area contributed by atoms with E-state index >= 15 is 0 Å². The minimum Gasteiger partial charge on any atom is -0.313 e. The lowest BCUT2D eigenvalue weighted by Crippen LogP contribution is -2.31. The summed E-state index contributed by atoms with van der Waals surface area (Å²) in [6.07, 6.45) is 4.29. The first-order chi connectivity index (χ1) is 8.34. The van der Waals surface area contributed by atoms with Gasteiger partial charge in [-0.05, 0) is 36.9 Å². The molecule has 1 aliphatic heterocycles. The zero-order chi connectivity index (χ0) is 11.7. The smallest absolute Gasteiger partial charge is 0.258 e. The van der Waals surface area contributed by atoms with E-state index in [4.69, 9.17) is 0 Å². The van der Waals surface area contributed by atoms with Gasteiger partial charge in [-0.3, -0.25) is 4.79 Å². The van der Waals surface area contributed by atoms with Crippen LogP contribution >= 0.6 is 0 Å². The maximum absolute atomic E-state index is 12.3. The molecule has 0 aliphatic carbocycles. The van der Waals surface area contributed by atoms with Crippen molar-refractivity contribution in [3.8, 4) is 0 Å². The Morgan fingerprint density at radius 3 is 3.00 bits per heavy atom. The van der Waals surface area contributed by atoms with Gasteiger partial charge >= 0.3 is 0 Å². The van der Waals surface area contributed by atoms with Crippen LogP contribution in [0.5, 0.6) is 0 Å².